The van der Waals surface area contributed by atoms with E-state index in [1.165, 1.54) is 49.0 Å². The van der Waals surface area contributed by atoms with Gasteiger partial charge in [0.2, 0.25) is 11.8 Å². The van der Waals surface area contributed by atoms with Crippen LogP contribution in [0.3, 0.4) is 0 Å². The van der Waals surface area contributed by atoms with E-state index in [4.69, 9.17) is 0 Å². The number of hydrogen-bond acceptors (Lipinski definition) is 3. The van der Waals surface area contributed by atoms with E-state index < -0.39 is 0 Å². The fraction of sp³-hybridized carbons (Fsp3) is 0.727. The van der Waals surface area contributed by atoms with Crippen LogP contribution in [0.4, 0.5) is 0 Å². The average molecular weight is 387 g/mol. The Bertz CT molecular complexity index is 720. The zero-order valence-corrected chi connectivity index (χ0v) is 17.0. The van der Waals surface area contributed by atoms with Gasteiger partial charge in [-0.3, -0.25) is 9.59 Å². The van der Waals surface area contributed by atoms with Crippen LogP contribution in [0.25, 0.3) is 0 Å². The van der Waals surface area contributed by atoms with Gasteiger partial charge < -0.3 is 10.2 Å². The van der Waals surface area contributed by atoms with Gasteiger partial charge in [0.15, 0.2) is 0 Å². The van der Waals surface area contributed by atoms with Crippen LogP contribution in [0, 0.1) is 23.2 Å². The predicted molar refractivity (Wildman–Crippen MR) is 106 cm³/mol. The minimum Gasteiger partial charge on any atom is -0.347 e. The van der Waals surface area contributed by atoms with Crippen molar-refractivity contribution in [2.45, 2.75) is 64.3 Å². The lowest BCUT2D eigenvalue weighted by Gasteiger charge is -2.56. The fourth-order valence-electron chi connectivity index (χ4n) is 7.04. The summed E-state index contributed by atoms with van der Waals surface area (Å²) in [5, 5.41) is 5.08. The second kappa shape index (κ2) is 6.61. The van der Waals surface area contributed by atoms with Crippen LogP contribution in [0.5, 0.6) is 0 Å². The molecular weight excluding hydrogens is 356 g/mol. The largest absolute Gasteiger partial charge is 0.347 e. The number of carbonyl (C=O) groups excluding carboxylic acids is 2. The number of nitrogens with zero attached hydrogens (tertiary/aromatic N) is 1. The minimum atomic E-state index is 0.0539. The first kappa shape index (κ1) is 17.7. The third-order valence-electron chi connectivity index (χ3n) is 7.73. The Morgan fingerprint density at radius 1 is 1.19 bits per heavy atom. The van der Waals surface area contributed by atoms with Crippen molar-refractivity contribution in [3.05, 3.63) is 21.9 Å². The van der Waals surface area contributed by atoms with Crippen molar-refractivity contribution in [3.8, 4) is 0 Å². The molecule has 4 saturated carbocycles. The van der Waals surface area contributed by atoms with Gasteiger partial charge in [-0.15, -0.1) is 11.3 Å². The summed E-state index contributed by atoms with van der Waals surface area (Å²) in [4.78, 5) is 28.7. The maximum absolute atomic E-state index is 12.7. The number of thiophene rings is 1. The summed E-state index contributed by atoms with van der Waals surface area (Å²) < 4.78 is 0. The molecule has 6 rings (SSSR count). The maximum atomic E-state index is 12.7. The Labute approximate surface area is 165 Å². The number of amides is 2. The molecule has 5 heteroatoms. The van der Waals surface area contributed by atoms with Crippen LogP contribution in [0.1, 0.15) is 68.4 Å². The van der Waals surface area contributed by atoms with Crippen LogP contribution in [0.2, 0.25) is 0 Å². The zero-order chi connectivity index (χ0) is 18.6. The molecule has 0 spiro atoms. The summed E-state index contributed by atoms with van der Waals surface area (Å²) in [5.74, 6) is 2.73. The van der Waals surface area contributed by atoms with Crippen molar-refractivity contribution in [1.29, 1.82) is 0 Å². The quantitative estimate of drug-likeness (QED) is 0.853. The molecule has 0 saturated heterocycles. The second-order valence-electron chi connectivity index (χ2n) is 9.68. The van der Waals surface area contributed by atoms with Gasteiger partial charge in [0.25, 0.3) is 0 Å². The molecule has 4 fully saturated rings. The van der Waals surface area contributed by atoms with E-state index in [2.05, 4.69) is 23.7 Å². The Morgan fingerprint density at radius 2 is 1.85 bits per heavy atom. The number of rotatable bonds is 4. The monoisotopic (exact) mass is 386 g/mol. The fourth-order valence-corrected chi connectivity index (χ4v) is 8.00. The summed E-state index contributed by atoms with van der Waals surface area (Å²) >= 11 is 1.78. The van der Waals surface area contributed by atoms with Gasteiger partial charge in [-0.2, -0.15) is 0 Å². The van der Waals surface area contributed by atoms with Gasteiger partial charge in [0, 0.05) is 17.8 Å². The molecule has 1 aliphatic heterocycles. The number of fused-ring (bicyclic) bond motifs is 1. The molecule has 4 aliphatic carbocycles. The third-order valence-corrected chi connectivity index (χ3v) is 8.73. The summed E-state index contributed by atoms with van der Waals surface area (Å²) in [6, 6.07) is 2.25. The van der Waals surface area contributed by atoms with Gasteiger partial charge in [-0.25, -0.2) is 0 Å². The highest BCUT2D eigenvalue weighted by Gasteiger charge is 2.51. The predicted octanol–water partition coefficient (Wildman–Crippen LogP) is 3.92. The molecule has 1 aromatic rings. The molecule has 1 atom stereocenters. The van der Waals surface area contributed by atoms with Gasteiger partial charge >= 0.3 is 0 Å². The van der Waals surface area contributed by atoms with E-state index in [1.807, 2.05) is 4.90 Å². The Morgan fingerprint density at radius 3 is 2.52 bits per heavy atom. The number of hydrogen-bond donors (Lipinski definition) is 1. The first-order valence-corrected chi connectivity index (χ1v) is 11.5. The summed E-state index contributed by atoms with van der Waals surface area (Å²) in [6.07, 6.45) is 9.49. The van der Waals surface area contributed by atoms with E-state index in [0.717, 1.165) is 30.7 Å². The van der Waals surface area contributed by atoms with Crippen molar-refractivity contribution in [3.63, 3.8) is 0 Å². The van der Waals surface area contributed by atoms with E-state index in [1.54, 1.807) is 11.3 Å². The summed E-state index contributed by atoms with van der Waals surface area (Å²) in [5.41, 5.74) is 1.52. The molecule has 5 aliphatic rings. The Kier molecular flexibility index (Phi) is 4.34. The lowest BCUT2D eigenvalue weighted by Crippen LogP contribution is -2.49. The standard InChI is InChI=1S/C22H30N2O2S/c1-14-18-3-5-27-19(18)2-4-24(14)21(26)13-23-20(25)12-22-9-15-6-16(10-22)8-17(7-15)11-22/h3,5,14-17H,2,4,6-13H2,1H3,(H,23,25)/t14-,15?,16?,17?,22?/m1/s1. The molecule has 0 unspecified atom stereocenters. The highest BCUT2D eigenvalue weighted by atomic mass is 32.1. The highest BCUT2D eigenvalue weighted by Crippen LogP contribution is 2.61. The maximum Gasteiger partial charge on any atom is 0.242 e. The number of nitrogens with one attached hydrogen (secondary N) is 1. The second-order valence-corrected chi connectivity index (χ2v) is 10.7. The molecule has 0 aromatic carbocycles. The minimum absolute atomic E-state index is 0.0539. The third kappa shape index (κ3) is 3.22. The number of carbonyl (C=O) groups is 2. The molecule has 1 aromatic heterocycles. The van der Waals surface area contributed by atoms with Crippen LogP contribution in [0.15, 0.2) is 11.4 Å². The van der Waals surface area contributed by atoms with Crippen molar-refractivity contribution < 1.29 is 9.59 Å². The lowest BCUT2D eigenvalue weighted by molar-refractivity contribution is -0.137. The van der Waals surface area contributed by atoms with Gasteiger partial charge in [0.1, 0.15) is 0 Å². The molecule has 146 valence electrons. The lowest BCUT2D eigenvalue weighted by atomic mass is 9.49. The van der Waals surface area contributed by atoms with E-state index >= 15 is 0 Å². The highest BCUT2D eigenvalue weighted by molar-refractivity contribution is 7.10. The molecule has 2 heterocycles. The first-order chi connectivity index (χ1) is 13.0. The first-order valence-electron chi connectivity index (χ1n) is 10.6. The topological polar surface area (TPSA) is 49.4 Å². The Hall–Kier alpha value is -1.36. The van der Waals surface area contributed by atoms with Crippen LogP contribution < -0.4 is 5.32 Å². The van der Waals surface area contributed by atoms with Gasteiger partial charge in [0.05, 0.1) is 12.6 Å². The normalized spacial score (nSPS) is 36.6. The van der Waals surface area contributed by atoms with Crippen molar-refractivity contribution in [2.75, 3.05) is 13.1 Å². The smallest absolute Gasteiger partial charge is 0.242 e. The van der Waals surface area contributed by atoms with Crippen LogP contribution in [-0.4, -0.2) is 29.8 Å². The van der Waals surface area contributed by atoms with Crippen molar-refractivity contribution in [2.24, 2.45) is 23.2 Å². The van der Waals surface area contributed by atoms with Crippen molar-refractivity contribution >= 4 is 23.2 Å². The molecule has 27 heavy (non-hydrogen) atoms. The molecule has 2 amide bonds. The van der Waals surface area contributed by atoms with Gasteiger partial charge in [-0.1, -0.05) is 0 Å². The molecule has 4 nitrogen and oxygen atoms in total. The van der Waals surface area contributed by atoms with Crippen LogP contribution >= 0.6 is 11.3 Å². The van der Waals surface area contributed by atoms with Crippen LogP contribution in [-0.2, 0) is 16.0 Å². The van der Waals surface area contributed by atoms with E-state index in [0.29, 0.717) is 6.42 Å². The van der Waals surface area contributed by atoms with Gasteiger partial charge in [-0.05, 0) is 92.0 Å². The Balaban J connectivity index is 1.16. The SMILES string of the molecule is C[C@@H]1c2ccsc2CCN1C(=O)CNC(=O)CC12CC3CC(CC(C3)C1)C2. The summed E-state index contributed by atoms with van der Waals surface area (Å²) in [6.45, 7) is 3.01. The average Bonchev–Trinajstić information content (AvgIpc) is 3.08. The molecule has 4 bridgehead atoms. The molecule has 0 radical (unpaired) electrons. The van der Waals surface area contributed by atoms with Crippen molar-refractivity contribution in [1.82, 2.24) is 10.2 Å². The molecule has 1 N–H and O–H groups in total. The van der Waals surface area contributed by atoms with E-state index in [9.17, 15) is 9.59 Å². The zero-order valence-electron chi connectivity index (χ0n) is 16.2. The summed E-state index contributed by atoms with van der Waals surface area (Å²) in [7, 11) is 0. The van der Waals surface area contributed by atoms with E-state index in [-0.39, 0.29) is 29.8 Å². The molecular formula is C22H30N2O2S.